The van der Waals surface area contributed by atoms with Crippen LogP contribution >= 0.6 is 0 Å². The Bertz CT molecular complexity index is 1280. The number of hydrogen-bond donors (Lipinski definition) is 6. The van der Waals surface area contributed by atoms with Crippen molar-refractivity contribution in [3.63, 3.8) is 0 Å². The SMILES string of the molecule is CCCCCCCC/C=C/CCCCCCCCCCCCCC(=O)OC1C(OCC(NC(=O)C(O)CCCCCCCCCCCCCC)C(O)/C=C/CCCCCCCCCCC)OC(CO)C(O)C1O. The summed E-state index contributed by atoms with van der Waals surface area (Å²) in [6.07, 6.45) is 47.9. The number of nitrogens with one attached hydrogen (secondary N) is 1. The van der Waals surface area contributed by atoms with Gasteiger partial charge in [0.2, 0.25) is 5.91 Å². The first-order valence-electron chi connectivity index (χ1n) is 31.1. The predicted octanol–water partition coefficient (Wildman–Crippen LogP) is 14.5. The molecule has 0 aliphatic carbocycles. The molecule has 1 amide bonds. The van der Waals surface area contributed by atoms with E-state index in [2.05, 4.69) is 38.2 Å². The highest BCUT2D eigenvalue weighted by Crippen LogP contribution is 2.26. The number of aliphatic hydroxyl groups is 5. The van der Waals surface area contributed by atoms with E-state index in [4.69, 9.17) is 14.2 Å². The maximum Gasteiger partial charge on any atom is 0.306 e. The summed E-state index contributed by atoms with van der Waals surface area (Å²) in [6, 6.07) is -1.02. The Morgan fingerprint density at radius 2 is 0.904 bits per heavy atom. The second kappa shape index (κ2) is 50.9. The molecule has 430 valence electrons. The van der Waals surface area contributed by atoms with Crippen LogP contribution in [0.15, 0.2) is 24.3 Å². The van der Waals surface area contributed by atoms with E-state index in [9.17, 15) is 35.1 Å². The van der Waals surface area contributed by atoms with Gasteiger partial charge in [0.15, 0.2) is 12.4 Å². The Kier molecular flexibility index (Phi) is 48.2. The van der Waals surface area contributed by atoms with Crippen LogP contribution in [-0.4, -0.2) is 99.6 Å². The van der Waals surface area contributed by atoms with Crippen LogP contribution in [0.3, 0.4) is 0 Å². The van der Waals surface area contributed by atoms with Gasteiger partial charge in [-0.05, 0) is 51.4 Å². The summed E-state index contributed by atoms with van der Waals surface area (Å²) in [5.74, 6) is -1.18. The van der Waals surface area contributed by atoms with Gasteiger partial charge in [-0.1, -0.05) is 263 Å². The Balaban J connectivity index is 2.62. The highest BCUT2D eigenvalue weighted by molar-refractivity contribution is 5.80. The number of aliphatic hydroxyl groups excluding tert-OH is 5. The van der Waals surface area contributed by atoms with Crippen molar-refractivity contribution in [3.8, 4) is 0 Å². The minimum Gasteiger partial charge on any atom is -0.454 e. The predicted molar refractivity (Wildman–Crippen MR) is 301 cm³/mol. The summed E-state index contributed by atoms with van der Waals surface area (Å²) in [4.78, 5) is 26.5. The highest BCUT2D eigenvalue weighted by Gasteiger charge is 2.47. The molecule has 0 spiro atoms. The lowest BCUT2D eigenvalue weighted by Crippen LogP contribution is -2.61. The van der Waals surface area contributed by atoms with Crippen LogP contribution in [0.4, 0.5) is 0 Å². The van der Waals surface area contributed by atoms with Crippen LogP contribution in [-0.2, 0) is 23.8 Å². The Morgan fingerprint density at radius 3 is 1.33 bits per heavy atom. The fourth-order valence-corrected chi connectivity index (χ4v) is 9.88. The van der Waals surface area contributed by atoms with Gasteiger partial charge in [0.1, 0.15) is 24.4 Å². The summed E-state index contributed by atoms with van der Waals surface area (Å²) in [5, 5.41) is 56.9. The van der Waals surface area contributed by atoms with Gasteiger partial charge in [-0.2, -0.15) is 0 Å². The van der Waals surface area contributed by atoms with Gasteiger partial charge in [-0.3, -0.25) is 9.59 Å². The summed E-state index contributed by atoms with van der Waals surface area (Å²) in [7, 11) is 0. The smallest absolute Gasteiger partial charge is 0.306 e. The van der Waals surface area contributed by atoms with Crippen LogP contribution < -0.4 is 5.32 Å². The molecule has 1 saturated heterocycles. The van der Waals surface area contributed by atoms with Crippen molar-refractivity contribution < 1.29 is 49.3 Å². The molecule has 1 fully saturated rings. The lowest BCUT2D eigenvalue weighted by molar-refractivity contribution is -0.305. The third-order valence-corrected chi connectivity index (χ3v) is 14.9. The summed E-state index contributed by atoms with van der Waals surface area (Å²) in [5.41, 5.74) is 0. The Hall–Kier alpha value is -1.86. The standard InChI is InChI=1S/C62H117NO10/c1-4-7-10-13-16-19-22-24-25-26-27-28-29-30-31-32-35-38-41-44-47-50-57(67)73-60-59(69)58(68)56(51-64)72-62(60)71-52-53(54(65)48-45-42-39-36-33-21-18-15-12-9-6-3)63-61(70)55(66)49-46-43-40-37-34-23-20-17-14-11-8-5-2/h24-25,45,48,53-56,58-60,62,64-66,68-69H,4-23,26-44,46-47,49-52H2,1-3H3,(H,63,70)/b25-24+,48-45+. The number of rotatable bonds is 53. The molecule has 0 bridgehead atoms. The van der Waals surface area contributed by atoms with Gasteiger partial charge in [0, 0.05) is 6.42 Å². The number of carbonyl (C=O) groups excluding carboxylic acids is 2. The summed E-state index contributed by atoms with van der Waals surface area (Å²) < 4.78 is 17.6. The molecule has 1 heterocycles. The van der Waals surface area contributed by atoms with Crippen LogP contribution in [0.5, 0.6) is 0 Å². The van der Waals surface area contributed by atoms with Crippen molar-refractivity contribution in [2.75, 3.05) is 13.2 Å². The molecule has 1 rings (SSSR count). The van der Waals surface area contributed by atoms with Gasteiger partial charge >= 0.3 is 5.97 Å². The number of unbranched alkanes of at least 4 members (excludes halogenated alkanes) is 37. The zero-order chi connectivity index (χ0) is 53.3. The lowest BCUT2D eigenvalue weighted by Gasteiger charge is -2.41. The van der Waals surface area contributed by atoms with E-state index < -0.39 is 67.4 Å². The third kappa shape index (κ3) is 39.2. The molecule has 73 heavy (non-hydrogen) atoms. The van der Waals surface area contributed by atoms with Crippen molar-refractivity contribution in [2.24, 2.45) is 0 Å². The highest BCUT2D eigenvalue weighted by atomic mass is 16.7. The van der Waals surface area contributed by atoms with Crippen molar-refractivity contribution >= 4 is 11.9 Å². The van der Waals surface area contributed by atoms with Crippen molar-refractivity contribution in [1.82, 2.24) is 5.32 Å². The average Bonchev–Trinajstić information content (AvgIpc) is 3.39. The van der Waals surface area contributed by atoms with Gasteiger partial charge in [0.05, 0.1) is 25.4 Å². The second-order valence-corrected chi connectivity index (χ2v) is 21.8. The van der Waals surface area contributed by atoms with E-state index in [0.29, 0.717) is 19.3 Å². The first-order valence-corrected chi connectivity index (χ1v) is 31.1. The van der Waals surface area contributed by atoms with E-state index in [1.54, 1.807) is 6.08 Å². The van der Waals surface area contributed by atoms with Crippen LogP contribution in [0.1, 0.15) is 297 Å². The molecule has 0 saturated carbocycles. The molecular weight excluding hydrogens is 919 g/mol. The number of allylic oxidation sites excluding steroid dienone is 3. The Labute approximate surface area is 448 Å². The van der Waals surface area contributed by atoms with Crippen LogP contribution in [0.25, 0.3) is 0 Å². The zero-order valence-corrected chi connectivity index (χ0v) is 47.5. The molecule has 0 aromatic heterocycles. The monoisotopic (exact) mass is 1040 g/mol. The quantitative estimate of drug-likeness (QED) is 0.0195. The van der Waals surface area contributed by atoms with Crippen LogP contribution in [0, 0.1) is 0 Å². The van der Waals surface area contributed by atoms with E-state index in [1.807, 2.05) is 6.08 Å². The molecule has 0 aromatic rings. The molecule has 0 aromatic carbocycles. The lowest BCUT2D eigenvalue weighted by atomic mass is 9.99. The molecule has 8 atom stereocenters. The van der Waals surface area contributed by atoms with Crippen LogP contribution in [0.2, 0.25) is 0 Å². The fraction of sp³-hybridized carbons (Fsp3) is 0.903. The molecule has 11 heteroatoms. The fourth-order valence-electron chi connectivity index (χ4n) is 9.88. The molecule has 1 aliphatic rings. The molecule has 11 nitrogen and oxygen atoms in total. The van der Waals surface area contributed by atoms with E-state index >= 15 is 0 Å². The van der Waals surface area contributed by atoms with E-state index in [-0.39, 0.29) is 13.0 Å². The minimum atomic E-state index is -1.61. The molecule has 8 unspecified atom stereocenters. The van der Waals surface area contributed by atoms with Crippen molar-refractivity contribution in [3.05, 3.63) is 24.3 Å². The van der Waals surface area contributed by atoms with E-state index in [0.717, 1.165) is 57.8 Å². The van der Waals surface area contributed by atoms with Gasteiger partial charge in [-0.15, -0.1) is 0 Å². The first-order chi connectivity index (χ1) is 35.7. The van der Waals surface area contributed by atoms with E-state index in [1.165, 1.54) is 193 Å². The third-order valence-electron chi connectivity index (χ3n) is 14.9. The molecule has 0 radical (unpaired) electrons. The largest absolute Gasteiger partial charge is 0.454 e. The molecular formula is C62H117NO10. The summed E-state index contributed by atoms with van der Waals surface area (Å²) in [6.45, 7) is 5.79. The minimum absolute atomic E-state index is 0.127. The number of hydrogen-bond acceptors (Lipinski definition) is 10. The van der Waals surface area contributed by atoms with Gasteiger partial charge in [0.25, 0.3) is 0 Å². The summed E-state index contributed by atoms with van der Waals surface area (Å²) >= 11 is 0. The number of amides is 1. The Morgan fingerprint density at radius 1 is 0.521 bits per heavy atom. The van der Waals surface area contributed by atoms with Gasteiger partial charge in [-0.25, -0.2) is 0 Å². The van der Waals surface area contributed by atoms with Crippen molar-refractivity contribution in [2.45, 2.75) is 346 Å². The second-order valence-electron chi connectivity index (χ2n) is 21.8. The number of carbonyl (C=O) groups is 2. The zero-order valence-electron chi connectivity index (χ0n) is 47.5. The molecule has 6 N–H and O–H groups in total. The first kappa shape index (κ1) is 69.2. The number of esters is 1. The topological polar surface area (TPSA) is 175 Å². The van der Waals surface area contributed by atoms with Gasteiger partial charge < -0.3 is 45.1 Å². The molecule has 1 aliphatic heterocycles. The maximum atomic E-state index is 13.4. The normalized spacial score (nSPS) is 19.5. The maximum absolute atomic E-state index is 13.4. The van der Waals surface area contributed by atoms with Crippen molar-refractivity contribution in [1.29, 1.82) is 0 Å². The number of ether oxygens (including phenoxy) is 3. The average molecular weight is 1040 g/mol.